The van der Waals surface area contributed by atoms with Gasteiger partial charge < -0.3 is 15.0 Å². The van der Waals surface area contributed by atoms with E-state index in [1.165, 1.54) is 5.56 Å². The van der Waals surface area contributed by atoms with E-state index in [0.717, 1.165) is 38.5 Å². The minimum absolute atomic E-state index is 0.322. The summed E-state index contributed by atoms with van der Waals surface area (Å²) in [6.07, 6.45) is 2.94. The molecule has 2 heterocycles. The number of rotatable bonds is 3. The molecule has 1 aromatic rings. The molecule has 1 aromatic heterocycles. The summed E-state index contributed by atoms with van der Waals surface area (Å²) in [6, 6.07) is 4.47. The molecule has 1 saturated heterocycles. The lowest BCUT2D eigenvalue weighted by atomic mass is 10.1. The second-order valence-electron chi connectivity index (χ2n) is 4.38. The molecule has 0 amide bonds. The van der Waals surface area contributed by atoms with Gasteiger partial charge >= 0.3 is 0 Å². The molecule has 1 aliphatic heterocycles. The van der Waals surface area contributed by atoms with Crippen LogP contribution in [0.15, 0.2) is 18.3 Å². The molecule has 0 saturated carbocycles. The second-order valence-corrected chi connectivity index (χ2v) is 4.38. The first kappa shape index (κ1) is 12.3. The minimum Gasteiger partial charge on any atom is -0.380 e. The van der Waals surface area contributed by atoms with E-state index in [9.17, 15) is 0 Å². The van der Waals surface area contributed by atoms with Gasteiger partial charge in [-0.3, -0.25) is 0 Å². The first-order valence-electron chi connectivity index (χ1n) is 6.28. The maximum atomic E-state index is 5.49. The van der Waals surface area contributed by atoms with Crippen LogP contribution in [-0.2, 0) is 4.74 Å². The molecule has 0 bridgehead atoms. The highest BCUT2D eigenvalue weighted by Crippen LogP contribution is 2.24. The molecule has 0 radical (unpaired) electrons. The molecule has 2 rings (SSSR count). The Bertz CT molecular complexity index is 348. The Balaban J connectivity index is 2.23. The molecular weight excluding hydrogens is 214 g/mol. The van der Waals surface area contributed by atoms with E-state index in [2.05, 4.69) is 28.2 Å². The molecule has 0 aliphatic carbocycles. The Morgan fingerprint density at radius 1 is 1.41 bits per heavy atom. The monoisotopic (exact) mass is 235 g/mol. The predicted molar refractivity (Wildman–Crippen MR) is 69.4 cm³/mol. The van der Waals surface area contributed by atoms with Crippen molar-refractivity contribution in [2.24, 2.45) is 0 Å². The Kier molecular flexibility index (Phi) is 4.34. The molecule has 4 heteroatoms. The molecule has 17 heavy (non-hydrogen) atoms. The van der Waals surface area contributed by atoms with Gasteiger partial charge in [0.1, 0.15) is 5.82 Å². The van der Waals surface area contributed by atoms with Crippen molar-refractivity contribution in [3.8, 4) is 0 Å². The van der Waals surface area contributed by atoms with E-state index >= 15 is 0 Å². The third-order valence-electron chi connectivity index (χ3n) is 3.24. The van der Waals surface area contributed by atoms with Crippen LogP contribution in [0.2, 0.25) is 0 Å². The Morgan fingerprint density at radius 3 is 3.12 bits per heavy atom. The van der Waals surface area contributed by atoms with Crippen LogP contribution in [0.4, 0.5) is 5.82 Å². The highest BCUT2D eigenvalue weighted by molar-refractivity contribution is 5.48. The summed E-state index contributed by atoms with van der Waals surface area (Å²) in [5.74, 6) is 1.10. The largest absolute Gasteiger partial charge is 0.380 e. The van der Waals surface area contributed by atoms with Crippen LogP contribution in [0, 0.1) is 0 Å². The minimum atomic E-state index is 0.322. The number of hydrogen-bond acceptors (Lipinski definition) is 4. The van der Waals surface area contributed by atoms with Crippen LogP contribution in [0.1, 0.15) is 24.9 Å². The number of anilines is 1. The van der Waals surface area contributed by atoms with E-state index in [1.54, 1.807) is 0 Å². The quantitative estimate of drug-likeness (QED) is 0.863. The molecule has 94 valence electrons. The van der Waals surface area contributed by atoms with Crippen LogP contribution in [-0.4, -0.2) is 38.3 Å². The van der Waals surface area contributed by atoms with Gasteiger partial charge in [0.25, 0.3) is 0 Å². The molecule has 0 spiro atoms. The van der Waals surface area contributed by atoms with Crippen LogP contribution in [0.5, 0.6) is 0 Å². The van der Waals surface area contributed by atoms with E-state index < -0.39 is 0 Å². The van der Waals surface area contributed by atoms with Crippen molar-refractivity contribution in [1.29, 1.82) is 0 Å². The standard InChI is InChI=1S/C13H21N3O/c1-11(14-2)12-5-3-6-15-13(12)16-7-4-9-17-10-8-16/h3,5-6,11,14H,4,7-10H2,1-2H3. The number of aromatic nitrogens is 1. The van der Waals surface area contributed by atoms with Gasteiger partial charge in [-0.25, -0.2) is 4.98 Å². The highest BCUT2D eigenvalue weighted by atomic mass is 16.5. The summed E-state index contributed by atoms with van der Waals surface area (Å²) in [4.78, 5) is 6.87. The van der Waals surface area contributed by atoms with E-state index in [0.29, 0.717) is 6.04 Å². The first-order valence-corrected chi connectivity index (χ1v) is 6.28. The van der Waals surface area contributed by atoms with Crippen molar-refractivity contribution in [2.45, 2.75) is 19.4 Å². The molecule has 1 unspecified atom stereocenters. The lowest BCUT2D eigenvalue weighted by molar-refractivity contribution is 0.152. The van der Waals surface area contributed by atoms with Gasteiger partial charge in [0, 0.05) is 37.5 Å². The maximum Gasteiger partial charge on any atom is 0.133 e. The van der Waals surface area contributed by atoms with Crippen molar-refractivity contribution in [3.63, 3.8) is 0 Å². The normalized spacial score (nSPS) is 18.8. The number of nitrogens with zero attached hydrogens (tertiary/aromatic N) is 2. The number of ether oxygens (including phenoxy) is 1. The summed E-state index contributed by atoms with van der Waals surface area (Å²) in [6.45, 7) is 5.78. The predicted octanol–water partition coefficient (Wildman–Crippen LogP) is 1.59. The zero-order valence-electron chi connectivity index (χ0n) is 10.6. The van der Waals surface area contributed by atoms with Crippen molar-refractivity contribution in [3.05, 3.63) is 23.9 Å². The third kappa shape index (κ3) is 2.96. The molecule has 1 aliphatic rings. The Hall–Kier alpha value is -1.13. The smallest absolute Gasteiger partial charge is 0.133 e. The summed E-state index contributed by atoms with van der Waals surface area (Å²) in [5, 5.41) is 3.28. The van der Waals surface area contributed by atoms with Gasteiger partial charge in [-0.1, -0.05) is 6.07 Å². The van der Waals surface area contributed by atoms with Gasteiger partial charge in [0.2, 0.25) is 0 Å². The van der Waals surface area contributed by atoms with Crippen LogP contribution >= 0.6 is 0 Å². The number of hydrogen-bond donors (Lipinski definition) is 1. The molecule has 1 N–H and O–H groups in total. The summed E-state index contributed by atoms with van der Waals surface area (Å²) >= 11 is 0. The summed E-state index contributed by atoms with van der Waals surface area (Å²) in [5.41, 5.74) is 1.26. The van der Waals surface area contributed by atoms with Gasteiger partial charge in [-0.2, -0.15) is 0 Å². The average molecular weight is 235 g/mol. The van der Waals surface area contributed by atoms with Crippen LogP contribution in [0.3, 0.4) is 0 Å². The summed E-state index contributed by atoms with van der Waals surface area (Å²) < 4.78 is 5.49. The molecule has 4 nitrogen and oxygen atoms in total. The zero-order chi connectivity index (χ0) is 12.1. The Labute approximate surface area is 103 Å². The molecular formula is C13H21N3O. The van der Waals surface area contributed by atoms with Gasteiger partial charge in [-0.05, 0) is 26.5 Å². The van der Waals surface area contributed by atoms with Gasteiger partial charge in [-0.15, -0.1) is 0 Å². The van der Waals surface area contributed by atoms with E-state index in [4.69, 9.17) is 4.74 Å². The van der Waals surface area contributed by atoms with Gasteiger partial charge in [0.15, 0.2) is 0 Å². The summed E-state index contributed by atoms with van der Waals surface area (Å²) in [7, 11) is 1.98. The topological polar surface area (TPSA) is 37.4 Å². The maximum absolute atomic E-state index is 5.49. The SMILES string of the molecule is CNC(C)c1cccnc1N1CCCOCC1. The van der Waals surface area contributed by atoms with E-state index in [-0.39, 0.29) is 0 Å². The van der Waals surface area contributed by atoms with Crippen molar-refractivity contribution >= 4 is 5.82 Å². The molecule has 1 fully saturated rings. The van der Waals surface area contributed by atoms with Gasteiger partial charge in [0.05, 0.1) is 6.61 Å². The highest BCUT2D eigenvalue weighted by Gasteiger charge is 2.17. The fraction of sp³-hybridized carbons (Fsp3) is 0.615. The van der Waals surface area contributed by atoms with Crippen LogP contribution < -0.4 is 10.2 Å². The molecule has 0 aromatic carbocycles. The van der Waals surface area contributed by atoms with Crippen LogP contribution in [0.25, 0.3) is 0 Å². The average Bonchev–Trinajstić information content (AvgIpc) is 2.66. The zero-order valence-corrected chi connectivity index (χ0v) is 10.6. The van der Waals surface area contributed by atoms with Crippen molar-refractivity contribution < 1.29 is 4.74 Å². The number of pyridine rings is 1. The Morgan fingerprint density at radius 2 is 2.29 bits per heavy atom. The fourth-order valence-corrected chi connectivity index (χ4v) is 2.13. The number of nitrogens with one attached hydrogen (secondary N) is 1. The second kappa shape index (κ2) is 5.98. The van der Waals surface area contributed by atoms with E-state index in [1.807, 2.05) is 19.3 Å². The molecule has 1 atom stereocenters. The lowest BCUT2D eigenvalue weighted by Crippen LogP contribution is -2.29. The lowest BCUT2D eigenvalue weighted by Gasteiger charge is -2.25. The first-order chi connectivity index (χ1) is 8.33. The van der Waals surface area contributed by atoms with Crippen molar-refractivity contribution in [2.75, 3.05) is 38.3 Å². The third-order valence-corrected chi connectivity index (χ3v) is 3.24. The fourth-order valence-electron chi connectivity index (χ4n) is 2.13. The van der Waals surface area contributed by atoms with Crippen molar-refractivity contribution in [1.82, 2.24) is 10.3 Å².